The van der Waals surface area contributed by atoms with Crippen LogP contribution in [0.2, 0.25) is 0 Å². The van der Waals surface area contributed by atoms with Crippen molar-refractivity contribution in [3.63, 3.8) is 0 Å². The van der Waals surface area contributed by atoms with Gasteiger partial charge in [-0.3, -0.25) is 4.55 Å². The highest BCUT2D eigenvalue weighted by molar-refractivity contribution is 7.80. The molecule has 4 aliphatic carbocycles. The number of ether oxygens (including phenoxy) is 5. The number of aliphatic hydroxyl groups excluding tert-OH is 7. The smallest absolute Gasteiger partial charge is 0.393 e. The fourth-order valence-corrected chi connectivity index (χ4v) is 13.0. The lowest BCUT2D eigenvalue weighted by Gasteiger charge is -2.66. The maximum atomic E-state index is 12.8. The maximum Gasteiger partial charge on any atom is 0.397 e. The Hall–Kier alpha value is -0.910. The Bertz CT molecular complexity index is 1550. The summed E-state index contributed by atoms with van der Waals surface area (Å²) in [4.78, 5) is 0. The molecule has 0 bridgehead atoms. The molecule has 58 heavy (non-hydrogen) atoms. The standard InChI is InChI=1S/C40H68O17S/c1-19(2)21(11-14-53-36-34(32(47)26(44)17-54-36)56-37-33(52-6)31(46)25(43)18-55-37)8-7-20(3)22-15-24(42)35-38(22,4)13-10-28-39(5)12-9-23(41)30(45)29(39)27(16-40(28,35)48)57-58(49,50)51/h11,19-20,22-37,41-48H,7-10,12-18H2,1-6H3,(H,49,50,51). The first-order valence-electron chi connectivity index (χ1n) is 20.9. The minimum atomic E-state index is -4.98. The summed E-state index contributed by atoms with van der Waals surface area (Å²) in [6, 6.07) is 0. The van der Waals surface area contributed by atoms with Crippen LogP contribution in [0, 0.1) is 46.3 Å². The third-order valence-electron chi connectivity index (χ3n) is 15.4. The lowest BCUT2D eigenvalue weighted by molar-refractivity contribution is -0.344. The molecule has 0 spiro atoms. The summed E-state index contributed by atoms with van der Waals surface area (Å²) >= 11 is 0. The van der Waals surface area contributed by atoms with Gasteiger partial charge in [0.05, 0.1) is 49.8 Å². The molecule has 2 heterocycles. The zero-order valence-corrected chi connectivity index (χ0v) is 35.3. The summed E-state index contributed by atoms with van der Waals surface area (Å²) in [7, 11) is -3.65. The second-order valence-corrected chi connectivity index (χ2v) is 20.0. The van der Waals surface area contributed by atoms with Gasteiger partial charge in [-0.1, -0.05) is 46.3 Å². The molecular formula is C40H68O17S. The molecule has 18 heteroatoms. The van der Waals surface area contributed by atoms with E-state index >= 15 is 0 Å². The molecule has 4 saturated carbocycles. The van der Waals surface area contributed by atoms with Crippen LogP contribution in [0.15, 0.2) is 11.6 Å². The number of hydrogen-bond donors (Lipinski definition) is 9. The monoisotopic (exact) mass is 852 g/mol. The number of aliphatic hydroxyl groups is 8. The first kappa shape index (κ1) is 46.6. The molecule has 9 N–H and O–H groups in total. The molecule has 20 atom stereocenters. The van der Waals surface area contributed by atoms with E-state index in [1.165, 1.54) is 7.11 Å². The molecule has 6 aliphatic rings. The summed E-state index contributed by atoms with van der Waals surface area (Å²) in [6.07, 6.45) is -8.79. The molecule has 336 valence electrons. The van der Waals surface area contributed by atoms with E-state index in [1.807, 2.05) is 13.0 Å². The lowest BCUT2D eigenvalue weighted by atomic mass is 9.41. The van der Waals surface area contributed by atoms with Crippen molar-refractivity contribution >= 4 is 10.4 Å². The van der Waals surface area contributed by atoms with Crippen molar-refractivity contribution in [2.24, 2.45) is 46.3 Å². The highest BCUT2D eigenvalue weighted by Gasteiger charge is 2.72. The summed E-state index contributed by atoms with van der Waals surface area (Å²) in [5.74, 6) is -1.65. The number of rotatable bonds is 13. The fourth-order valence-electron chi connectivity index (χ4n) is 12.5. The number of fused-ring (bicyclic) bond motifs is 5. The average molecular weight is 853 g/mol. The van der Waals surface area contributed by atoms with Gasteiger partial charge in [-0.2, -0.15) is 8.42 Å². The molecule has 6 rings (SSSR count). The second-order valence-electron chi connectivity index (χ2n) is 19.0. The minimum Gasteiger partial charge on any atom is -0.393 e. The van der Waals surface area contributed by atoms with Crippen LogP contribution in [-0.4, -0.2) is 160 Å². The quantitative estimate of drug-likeness (QED) is 0.0898. The van der Waals surface area contributed by atoms with Crippen LogP contribution in [0.1, 0.15) is 86.0 Å². The molecule has 0 aromatic rings. The van der Waals surface area contributed by atoms with Crippen molar-refractivity contribution in [2.45, 2.75) is 165 Å². The summed E-state index contributed by atoms with van der Waals surface area (Å²) < 4.78 is 67.7. The molecular weight excluding hydrogens is 784 g/mol. The van der Waals surface area contributed by atoms with Crippen molar-refractivity contribution in [1.82, 2.24) is 0 Å². The van der Waals surface area contributed by atoms with E-state index in [2.05, 4.69) is 27.7 Å². The van der Waals surface area contributed by atoms with Crippen LogP contribution in [0.25, 0.3) is 0 Å². The van der Waals surface area contributed by atoms with Crippen LogP contribution in [0.3, 0.4) is 0 Å². The van der Waals surface area contributed by atoms with Gasteiger partial charge in [-0.15, -0.1) is 0 Å². The van der Waals surface area contributed by atoms with E-state index in [9.17, 15) is 53.8 Å². The van der Waals surface area contributed by atoms with Crippen LogP contribution >= 0.6 is 0 Å². The van der Waals surface area contributed by atoms with E-state index in [4.69, 9.17) is 27.9 Å². The first-order valence-corrected chi connectivity index (χ1v) is 22.3. The number of hydrogen-bond acceptors (Lipinski definition) is 16. The molecule has 0 aromatic carbocycles. The van der Waals surface area contributed by atoms with Gasteiger partial charge in [-0.25, -0.2) is 4.18 Å². The van der Waals surface area contributed by atoms with Gasteiger partial charge in [0.25, 0.3) is 0 Å². The number of methoxy groups -OCH3 is 1. The first-order chi connectivity index (χ1) is 27.1. The molecule has 2 aliphatic heterocycles. The predicted molar refractivity (Wildman–Crippen MR) is 204 cm³/mol. The van der Waals surface area contributed by atoms with Crippen LogP contribution in [0.4, 0.5) is 0 Å². The summed E-state index contributed by atoms with van der Waals surface area (Å²) in [5, 5.41) is 88.1. The highest BCUT2D eigenvalue weighted by Crippen LogP contribution is 2.70. The van der Waals surface area contributed by atoms with E-state index < -0.39 is 118 Å². The molecule has 0 aromatic heterocycles. The third kappa shape index (κ3) is 8.70. The van der Waals surface area contributed by atoms with E-state index in [-0.39, 0.29) is 50.4 Å². The molecule has 6 fully saturated rings. The molecule has 17 nitrogen and oxygen atoms in total. The SMILES string of the molecule is COC1C(OC2C(OCC=C(CCC(C)C3CC(O)C4C3(C)CCC3C5(C)CCC(O)C(O)C5C(OS(=O)(=O)O)CC34O)C(C)C)OCC(O)C2O)OCC(O)C1O. The average Bonchev–Trinajstić information content (AvgIpc) is 3.42. The fraction of sp³-hybridized carbons (Fsp3) is 0.950. The van der Waals surface area contributed by atoms with Gasteiger partial charge < -0.3 is 64.5 Å². The Morgan fingerprint density at radius 2 is 1.47 bits per heavy atom. The second kappa shape index (κ2) is 17.7. The Kier molecular flexibility index (Phi) is 14.2. The molecule has 0 amide bonds. The van der Waals surface area contributed by atoms with E-state index in [0.29, 0.717) is 32.1 Å². The van der Waals surface area contributed by atoms with Crippen LogP contribution in [-0.2, 0) is 38.3 Å². The van der Waals surface area contributed by atoms with Crippen molar-refractivity contribution in [2.75, 3.05) is 26.9 Å². The highest BCUT2D eigenvalue weighted by atomic mass is 32.3. The predicted octanol–water partition coefficient (Wildman–Crippen LogP) is 0.432. The largest absolute Gasteiger partial charge is 0.397 e. The van der Waals surface area contributed by atoms with Gasteiger partial charge >= 0.3 is 10.4 Å². The zero-order valence-electron chi connectivity index (χ0n) is 34.4. The van der Waals surface area contributed by atoms with Crippen molar-refractivity contribution in [3.05, 3.63) is 11.6 Å². The minimum absolute atomic E-state index is 0.00593. The lowest BCUT2D eigenvalue weighted by Crippen LogP contribution is -2.71. The van der Waals surface area contributed by atoms with E-state index in [0.717, 1.165) is 12.0 Å². The Morgan fingerprint density at radius 1 is 0.845 bits per heavy atom. The van der Waals surface area contributed by atoms with Gasteiger partial charge in [0.1, 0.15) is 36.6 Å². The molecule has 2 saturated heterocycles. The Labute approximate surface area is 341 Å². The van der Waals surface area contributed by atoms with Gasteiger partial charge in [-0.05, 0) is 79.4 Å². The number of allylic oxidation sites excluding steroid dienone is 1. The Balaban J connectivity index is 1.13. The van der Waals surface area contributed by atoms with Gasteiger partial charge in [0, 0.05) is 25.4 Å². The van der Waals surface area contributed by atoms with E-state index in [1.54, 1.807) is 0 Å². The van der Waals surface area contributed by atoms with Gasteiger partial charge in [0.2, 0.25) is 0 Å². The van der Waals surface area contributed by atoms with Crippen molar-refractivity contribution in [1.29, 1.82) is 0 Å². The van der Waals surface area contributed by atoms with Gasteiger partial charge in [0.15, 0.2) is 12.6 Å². The van der Waals surface area contributed by atoms with Crippen LogP contribution < -0.4 is 0 Å². The zero-order chi connectivity index (χ0) is 42.7. The Morgan fingerprint density at radius 3 is 2.09 bits per heavy atom. The van der Waals surface area contributed by atoms with Crippen molar-refractivity contribution in [3.8, 4) is 0 Å². The van der Waals surface area contributed by atoms with Crippen LogP contribution in [0.5, 0.6) is 0 Å². The normalized spacial score (nSPS) is 49.3. The topological polar surface area (TPSA) is 272 Å². The molecule has 0 radical (unpaired) electrons. The summed E-state index contributed by atoms with van der Waals surface area (Å²) in [6.45, 7) is 9.95. The summed E-state index contributed by atoms with van der Waals surface area (Å²) in [5.41, 5.74) is -1.82. The maximum absolute atomic E-state index is 12.8. The third-order valence-corrected chi connectivity index (χ3v) is 15.9. The van der Waals surface area contributed by atoms with Crippen molar-refractivity contribution < 1.29 is 81.7 Å². The molecule has 20 unspecified atom stereocenters.